The van der Waals surface area contributed by atoms with Gasteiger partial charge in [-0.25, -0.2) is 9.37 Å². The topological polar surface area (TPSA) is 55.6 Å². The van der Waals surface area contributed by atoms with Crippen LogP contribution in [0.3, 0.4) is 0 Å². The normalized spacial score (nSPS) is 15.1. The second kappa shape index (κ2) is 8.10. The Kier molecular flexibility index (Phi) is 5.39. The maximum absolute atomic E-state index is 13.4. The number of carbonyl (C=O) groups is 1. The lowest BCUT2D eigenvalue weighted by Gasteiger charge is -2.25. The number of fused-ring (bicyclic) bond motifs is 1. The van der Waals surface area contributed by atoms with Crippen molar-refractivity contribution < 1.29 is 18.3 Å². The van der Waals surface area contributed by atoms with Crippen LogP contribution in [0.1, 0.15) is 29.6 Å². The summed E-state index contributed by atoms with van der Waals surface area (Å²) in [6.07, 6.45) is 3.12. The molecule has 0 spiro atoms. The summed E-state index contributed by atoms with van der Waals surface area (Å²) in [5.74, 6) is 0.578. The average Bonchev–Trinajstić information content (AvgIpc) is 3.15. The number of nitrogens with zero attached hydrogens (tertiary/aromatic N) is 2. The van der Waals surface area contributed by atoms with E-state index in [0.29, 0.717) is 34.0 Å². The zero-order valence-corrected chi connectivity index (χ0v) is 15.9. The van der Waals surface area contributed by atoms with E-state index in [9.17, 15) is 9.18 Å². The van der Waals surface area contributed by atoms with Crippen molar-refractivity contribution in [2.24, 2.45) is 5.92 Å². The molecule has 6 heteroatoms. The predicted octanol–water partition coefficient (Wildman–Crippen LogP) is 4.52. The van der Waals surface area contributed by atoms with Crippen molar-refractivity contribution in [3.8, 4) is 11.5 Å². The number of oxazole rings is 1. The van der Waals surface area contributed by atoms with Crippen molar-refractivity contribution in [2.45, 2.75) is 19.3 Å². The number of benzene rings is 2. The van der Waals surface area contributed by atoms with E-state index in [1.165, 1.54) is 12.1 Å². The molecule has 1 aromatic heterocycles. The van der Waals surface area contributed by atoms with Crippen LogP contribution in [0.15, 0.2) is 46.9 Å². The van der Waals surface area contributed by atoms with Crippen molar-refractivity contribution in [1.82, 2.24) is 9.88 Å². The van der Waals surface area contributed by atoms with Crippen LogP contribution < -0.4 is 0 Å². The minimum absolute atomic E-state index is 0.0377. The van der Waals surface area contributed by atoms with Gasteiger partial charge in [-0.2, -0.15) is 0 Å². The van der Waals surface area contributed by atoms with Gasteiger partial charge in [0, 0.05) is 37.9 Å². The number of rotatable bonds is 5. The van der Waals surface area contributed by atoms with Crippen molar-refractivity contribution in [3.05, 3.63) is 53.8 Å². The number of carbonyl (C=O) groups excluding carboxylic acids is 1. The van der Waals surface area contributed by atoms with E-state index in [1.54, 1.807) is 35.2 Å². The molecular weight excluding hydrogens is 359 g/mol. The molecule has 0 bridgehead atoms. The lowest BCUT2D eigenvalue weighted by atomic mass is 9.96. The van der Waals surface area contributed by atoms with E-state index < -0.39 is 0 Å². The third-order valence-corrected chi connectivity index (χ3v) is 5.27. The Morgan fingerprint density at radius 1 is 1.21 bits per heavy atom. The zero-order valence-electron chi connectivity index (χ0n) is 15.9. The van der Waals surface area contributed by atoms with Crippen LogP contribution in [0.4, 0.5) is 4.39 Å². The van der Waals surface area contributed by atoms with Gasteiger partial charge in [0.25, 0.3) is 5.91 Å². The molecule has 1 amide bonds. The van der Waals surface area contributed by atoms with E-state index in [2.05, 4.69) is 4.98 Å². The fourth-order valence-electron chi connectivity index (χ4n) is 3.54. The van der Waals surface area contributed by atoms with Gasteiger partial charge in [0.1, 0.15) is 11.3 Å². The van der Waals surface area contributed by atoms with E-state index in [0.717, 1.165) is 39.0 Å². The van der Waals surface area contributed by atoms with Gasteiger partial charge in [0.05, 0.1) is 0 Å². The van der Waals surface area contributed by atoms with Crippen LogP contribution in [0.2, 0.25) is 0 Å². The van der Waals surface area contributed by atoms with Crippen LogP contribution in [0.5, 0.6) is 0 Å². The van der Waals surface area contributed by atoms with Gasteiger partial charge in [-0.15, -0.1) is 0 Å². The summed E-state index contributed by atoms with van der Waals surface area (Å²) >= 11 is 0. The minimum atomic E-state index is -0.346. The highest BCUT2D eigenvalue weighted by molar-refractivity contribution is 5.97. The second-order valence-corrected chi connectivity index (χ2v) is 7.28. The Hall–Kier alpha value is -2.73. The van der Waals surface area contributed by atoms with E-state index in [-0.39, 0.29) is 11.7 Å². The van der Waals surface area contributed by atoms with Crippen LogP contribution in [0, 0.1) is 11.7 Å². The Morgan fingerprint density at radius 2 is 2.04 bits per heavy atom. The number of hydrogen-bond donors (Lipinski definition) is 0. The molecule has 0 radical (unpaired) electrons. The molecule has 28 heavy (non-hydrogen) atoms. The Balaban J connectivity index is 1.48. The molecule has 3 aromatic rings. The van der Waals surface area contributed by atoms with Crippen molar-refractivity contribution in [3.63, 3.8) is 0 Å². The van der Waals surface area contributed by atoms with Crippen molar-refractivity contribution in [1.29, 1.82) is 0 Å². The molecule has 5 nitrogen and oxygen atoms in total. The summed E-state index contributed by atoms with van der Waals surface area (Å²) < 4.78 is 24.6. The SMILES string of the molecule is CN(CCC1CCOCC1)C(=O)c1ccc2oc(-c3cccc(F)c3)nc2c1. The molecule has 0 saturated carbocycles. The number of hydrogen-bond acceptors (Lipinski definition) is 4. The highest BCUT2D eigenvalue weighted by Crippen LogP contribution is 2.26. The smallest absolute Gasteiger partial charge is 0.253 e. The highest BCUT2D eigenvalue weighted by atomic mass is 19.1. The molecule has 1 aliphatic rings. The van der Waals surface area contributed by atoms with E-state index in [1.807, 2.05) is 7.05 Å². The van der Waals surface area contributed by atoms with Gasteiger partial charge in [0.15, 0.2) is 5.58 Å². The lowest BCUT2D eigenvalue weighted by Crippen LogP contribution is -2.30. The average molecular weight is 382 g/mol. The molecule has 2 heterocycles. The molecule has 4 rings (SSSR count). The molecule has 0 aliphatic carbocycles. The third kappa shape index (κ3) is 4.07. The number of ether oxygens (including phenoxy) is 1. The first-order chi connectivity index (χ1) is 13.6. The van der Waals surface area contributed by atoms with Crippen molar-refractivity contribution in [2.75, 3.05) is 26.8 Å². The fourth-order valence-corrected chi connectivity index (χ4v) is 3.54. The first-order valence-corrected chi connectivity index (χ1v) is 9.60. The van der Waals surface area contributed by atoms with Crippen molar-refractivity contribution >= 4 is 17.0 Å². The molecule has 1 fully saturated rings. The van der Waals surface area contributed by atoms with Gasteiger partial charge in [-0.05, 0) is 61.6 Å². The maximum atomic E-state index is 13.4. The standard InChI is InChI=1S/C22H23FN2O3/c1-25(10-7-15-8-11-27-12-9-15)22(26)17-5-6-20-19(14-17)24-21(28-20)16-3-2-4-18(23)13-16/h2-6,13-15H,7-12H2,1H3. The van der Waals surface area contributed by atoms with Crippen LogP contribution in [-0.4, -0.2) is 42.6 Å². The Bertz CT molecular complexity index is 979. The molecule has 1 saturated heterocycles. The van der Waals surface area contributed by atoms with E-state index >= 15 is 0 Å². The third-order valence-electron chi connectivity index (χ3n) is 5.27. The van der Waals surface area contributed by atoms with Gasteiger partial charge in [0.2, 0.25) is 5.89 Å². The summed E-state index contributed by atoms with van der Waals surface area (Å²) in [5, 5.41) is 0. The fraction of sp³-hybridized carbons (Fsp3) is 0.364. The summed E-state index contributed by atoms with van der Waals surface area (Å²) in [5.41, 5.74) is 2.29. The first kappa shape index (κ1) is 18.6. The van der Waals surface area contributed by atoms with Gasteiger partial charge >= 0.3 is 0 Å². The molecule has 2 aromatic carbocycles. The number of aromatic nitrogens is 1. The second-order valence-electron chi connectivity index (χ2n) is 7.28. The largest absolute Gasteiger partial charge is 0.436 e. The van der Waals surface area contributed by atoms with Crippen LogP contribution >= 0.6 is 0 Å². The number of amides is 1. The van der Waals surface area contributed by atoms with Crippen LogP contribution in [0.25, 0.3) is 22.6 Å². The molecule has 1 aliphatic heterocycles. The quantitative estimate of drug-likeness (QED) is 0.651. The zero-order chi connectivity index (χ0) is 19.5. The Labute approximate surface area is 163 Å². The summed E-state index contributed by atoms with van der Waals surface area (Å²) in [6, 6.07) is 11.3. The van der Waals surface area contributed by atoms with Crippen LogP contribution in [-0.2, 0) is 4.74 Å². The maximum Gasteiger partial charge on any atom is 0.253 e. The number of halogens is 1. The molecular formula is C22H23FN2O3. The first-order valence-electron chi connectivity index (χ1n) is 9.60. The molecule has 0 atom stereocenters. The minimum Gasteiger partial charge on any atom is -0.436 e. The lowest BCUT2D eigenvalue weighted by molar-refractivity contribution is 0.0583. The predicted molar refractivity (Wildman–Crippen MR) is 105 cm³/mol. The monoisotopic (exact) mass is 382 g/mol. The summed E-state index contributed by atoms with van der Waals surface area (Å²) in [6.45, 7) is 2.35. The molecule has 0 N–H and O–H groups in total. The summed E-state index contributed by atoms with van der Waals surface area (Å²) in [4.78, 5) is 19.0. The van der Waals surface area contributed by atoms with Gasteiger partial charge in [-0.1, -0.05) is 6.07 Å². The summed E-state index contributed by atoms with van der Waals surface area (Å²) in [7, 11) is 1.83. The molecule has 146 valence electrons. The Morgan fingerprint density at radius 3 is 2.82 bits per heavy atom. The van der Waals surface area contributed by atoms with Gasteiger partial charge in [-0.3, -0.25) is 4.79 Å². The molecule has 0 unspecified atom stereocenters. The van der Waals surface area contributed by atoms with Gasteiger partial charge < -0.3 is 14.1 Å². The highest BCUT2D eigenvalue weighted by Gasteiger charge is 2.18. The van der Waals surface area contributed by atoms with E-state index in [4.69, 9.17) is 9.15 Å².